The lowest BCUT2D eigenvalue weighted by Gasteiger charge is -2.22. The molecule has 3 aromatic rings. The zero-order chi connectivity index (χ0) is 21.3. The normalized spacial score (nSPS) is 11.1. The molecule has 0 aliphatic carbocycles. The van der Waals surface area contributed by atoms with Crippen molar-refractivity contribution in [3.8, 4) is 23.6 Å². The Morgan fingerprint density at radius 3 is 2.60 bits per heavy atom. The van der Waals surface area contributed by atoms with Crippen LogP contribution < -0.4 is 14.6 Å². The van der Waals surface area contributed by atoms with E-state index >= 15 is 0 Å². The van der Waals surface area contributed by atoms with E-state index < -0.39 is 12.1 Å². The van der Waals surface area contributed by atoms with Gasteiger partial charge in [0.05, 0.1) is 17.2 Å². The van der Waals surface area contributed by atoms with Crippen molar-refractivity contribution in [3.63, 3.8) is 0 Å². The average Bonchev–Trinajstić information content (AvgIpc) is 3.29. The third-order valence-electron chi connectivity index (χ3n) is 4.37. The van der Waals surface area contributed by atoms with E-state index in [1.165, 1.54) is 0 Å². The first-order valence-electron chi connectivity index (χ1n) is 9.14. The predicted molar refractivity (Wildman–Crippen MR) is 109 cm³/mol. The van der Waals surface area contributed by atoms with Gasteiger partial charge in [-0.05, 0) is 53.4 Å². The van der Waals surface area contributed by atoms with Crippen LogP contribution in [0.1, 0.15) is 41.2 Å². The molecule has 0 N–H and O–H groups in total. The summed E-state index contributed by atoms with van der Waals surface area (Å²) in [5, 5.41) is 33.8. The van der Waals surface area contributed by atoms with Gasteiger partial charge in [0, 0.05) is 17.6 Å². The first-order chi connectivity index (χ1) is 14.6. The van der Waals surface area contributed by atoms with Crippen LogP contribution in [0, 0.1) is 22.7 Å². The van der Waals surface area contributed by atoms with Gasteiger partial charge in [-0.2, -0.15) is 21.9 Å². The molecule has 6 nitrogen and oxygen atoms in total. The predicted octanol–water partition coefficient (Wildman–Crippen LogP) is 3.72. The number of carbonyl (C=O) groups is 1. The minimum Gasteiger partial charge on any atom is -0.550 e. The number of hydrogen-bond donors (Lipinski definition) is 0. The monoisotopic (exact) mass is 417 g/mol. The fourth-order valence-corrected chi connectivity index (χ4v) is 3.54. The van der Waals surface area contributed by atoms with E-state index in [0.29, 0.717) is 23.5 Å². The number of nitrogens with zero attached hydrogens (tertiary/aromatic N) is 2. The maximum Gasteiger partial charge on any atom is 0.141 e. The first kappa shape index (κ1) is 20.9. The van der Waals surface area contributed by atoms with Crippen LogP contribution in [0.3, 0.4) is 0 Å². The van der Waals surface area contributed by atoms with Crippen molar-refractivity contribution in [1.82, 2.24) is 0 Å². The molecule has 0 amide bonds. The maximum atomic E-state index is 11.0. The number of thiophene rings is 1. The molecule has 0 fully saturated rings. The van der Waals surface area contributed by atoms with Crippen LogP contribution in [0.15, 0.2) is 59.3 Å². The third kappa shape index (κ3) is 5.38. The van der Waals surface area contributed by atoms with E-state index in [-0.39, 0.29) is 24.2 Å². The zero-order valence-electron chi connectivity index (χ0n) is 15.9. The van der Waals surface area contributed by atoms with E-state index in [0.717, 1.165) is 5.56 Å². The van der Waals surface area contributed by atoms with Crippen LogP contribution in [-0.4, -0.2) is 5.97 Å². The van der Waals surface area contributed by atoms with E-state index in [1.54, 1.807) is 53.8 Å². The second-order valence-electron chi connectivity index (χ2n) is 6.41. The van der Waals surface area contributed by atoms with Gasteiger partial charge < -0.3 is 19.4 Å². The Labute approximate surface area is 178 Å². The second kappa shape index (κ2) is 10.1. The van der Waals surface area contributed by atoms with Crippen molar-refractivity contribution in [1.29, 1.82) is 10.5 Å². The van der Waals surface area contributed by atoms with Crippen LogP contribution in [0.25, 0.3) is 0 Å². The summed E-state index contributed by atoms with van der Waals surface area (Å²) in [7, 11) is 0. The molecule has 1 unspecified atom stereocenters. The zero-order valence-corrected chi connectivity index (χ0v) is 16.7. The Bertz CT molecular complexity index is 1100. The molecule has 0 saturated carbocycles. The Hall–Kier alpha value is -3.81. The molecule has 0 saturated heterocycles. The fourth-order valence-electron chi connectivity index (χ4n) is 2.88. The highest BCUT2D eigenvalue weighted by molar-refractivity contribution is 7.07. The summed E-state index contributed by atoms with van der Waals surface area (Å²) < 4.78 is 11.8. The number of ether oxygens (including phenoxy) is 2. The number of nitriles is 2. The highest BCUT2D eigenvalue weighted by atomic mass is 32.1. The van der Waals surface area contributed by atoms with E-state index in [4.69, 9.17) is 9.47 Å². The molecule has 0 aliphatic rings. The molecule has 7 heteroatoms. The van der Waals surface area contributed by atoms with Crippen LogP contribution in [0.2, 0.25) is 0 Å². The number of carbonyl (C=O) groups excluding carboxylic acids is 1. The van der Waals surface area contributed by atoms with Crippen molar-refractivity contribution in [2.24, 2.45) is 0 Å². The molecule has 1 heterocycles. The van der Waals surface area contributed by atoms with Gasteiger partial charge in [0.2, 0.25) is 0 Å². The van der Waals surface area contributed by atoms with Crippen molar-refractivity contribution >= 4 is 17.3 Å². The maximum absolute atomic E-state index is 11.0. The van der Waals surface area contributed by atoms with Gasteiger partial charge in [-0.3, -0.25) is 0 Å². The summed E-state index contributed by atoms with van der Waals surface area (Å²) in [6.45, 7) is 0.375. The Balaban J connectivity index is 1.88. The Morgan fingerprint density at radius 2 is 1.90 bits per heavy atom. The topological polar surface area (TPSA) is 106 Å². The quantitative estimate of drug-likeness (QED) is 0.525. The number of rotatable bonds is 9. The standard InChI is InChI=1S/C23H18N2O4S/c24-12-17-3-1-2-4-20(17)21(7-8-23(26)27)29-22-11-19(6-5-18(22)13-25)28-14-16-9-10-30-15-16/h1-6,9-11,15,21H,7-8,14H2,(H,26,27)/p-1. The highest BCUT2D eigenvalue weighted by Gasteiger charge is 2.19. The van der Waals surface area contributed by atoms with Crippen LogP contribution in [-0.2, 0) is 11.4 Å². The van der Waals surface area contributed by atoms with Crippen molar-refractivity contribution in [2.75, 3.05) is 0 Å². The third-order valence-corrected chi connectivity index (χ3v) is 5.10. The molecule has 0 aliphatic heterocycles. The molecular weight excluding hydrogens is 400 g/mol. The van der Waals surface area contributed by atoms with Crippen LogP contribution in [0.4, 0.5) is 0 Å². The smallest absolute Gasteiger partial charge is 0.141 e. The molecule has 0 bridgehead atoms. The van der Waals surface area contributed by atoms with Crippen molar-refractivity contribution in [3.05, 3.63) is 81.5 Å². The van der Waals surface area contributed by atoms with Crippen molar-refractivity contribution in [2.45, 2.75) is 25.6 Å². The number of aliphatic carboxylic acids is 1. The molecular formula is C23H17N2O4S-. The van der Waals surface area contributed by atoms with Gasteiger partial charge >= 0.3 is 0 Å². The van der Waals surface area contributed by atoms with Gasteiger partial charge in [-0.25, -0.2) is 0 Å². The minimum absolute atomic E-state index is 0.0892. The second-order valence-corrected chi connectivity index (χ2v) is 7.19. The van der Waals surface area contributed by atoms with Gasteiger partial charge in [0.25, 0.3) is 0 Å². The lowest BCUT2D eigenvalue weighted by Crippen LogP contribution is -2.23. The van der Waals surface area contributed by atoms with Gasteiger partial charge in [0.1, 0.15) is 30.3 Å². The Kier molecular flexibility index (Phi) is 7.05. The van der Waals surface area contributed by atoms with Crippen LogP contribution in [0.5, 0.6) is 11.5 Å². The van der Waals surface area contributed by atoms with Crippen LogP contribution >= 0.6 is 11.3 Å². The molecule has 1 atom stereocenters. The number of hydrogen-bond acceptors (Lipinski definition) is 7. The number of carboxylic acid groups (broad SMARTS) is 1. The summed E-state index contributed by atoms with van der Waals surface area (Å²) in [6, 6.07) is 17.8. The molecule has 30 heavy (non-hydrogen) atoms. The lowest BCUT2D eigenvalue weighted by molar-refractivity contribution is -0.306. The number of carboxylic acids is 1. The molecule has 0 spiro atoms. The average molecular weight is 417 g/mol. The van der Waals surface area contributed by atoms with Gasteiger partial charge in [-0.1, -0.05) is 18.2 Å². The molecule has 1 aromatic heterocycles. The van der Waals surface area contributed by atoms with Gasteiger partial charge in [0.15, 0.2) is 0 Å². The minimum atomic E-state index is -1.22. The summed E-state index contributed by atoms with van der Waals surface area (Å²) in [4.78, 5) is 11.0. The van der Waals surface area contributed by atoms with Gasteiger partial charge in [-0.15, -0.1) is 0 Å². The number of benzene rings is 2. The molecule has 2 aromatic carbocycles. The van der Waals surface area contributed by atoms with Crippen molar-refractivity contribution < 1.29 is 19.4 Å². The molecule has 150 valence electrons. The van der Waals surface area contributed by atoms with E-state index in [1.807, 2.05) is 16.8 Å². The van der Waals surface area contributed by atoms with E-state index in [9.17, 15) is 20.4 Å². The summed E-state index contributed by atoms with van der Waals surface area (Å²) in [5.74, 6) is -0.440. The highest BCUT2D eigenvalue weighted by Crippen LogP contribution is 2.32. The summed E-state index contributed by atoms with van der Waals surface area (Å²) in [5.41, 5.74) is 2.24. The fraction of sp³-hybridized carbons (Fsp3) is 0.174. The first-order valence-corrected chi connectivity index (χ1v) is 10.1. The largest absolute Gasteiger partial charge is 0.550 e. The molecule has 3 rings (SSSR count). The molecule has 0 radical (unpaired) electrons. The Morgan fingerprint density at radius 1 is 1.10 bits per heavy atom. The lowest BCUT2D eigenvalue weighted by atomic mass is 9.99. The van der Waals surface area contributed by atoms with E-state index in [2.05, 4.69) is 12.1 Å². The SMILES string of the molecule is N#Cc1ccc(OCc2ccsc2)cc1OC(CCC(=O)[O-])c1ccccc1C#N. The summed E-state index contributed by atoms with van der Waals surface area (Å²) >= 11 is 1.57. The summed E-state index contributed by atoms with van der Waals surface area (Å²) in [6.07, 6.45) is -0.898.